The number of rotatable bonds is 8. The van der Waals surface area contributed by atoms with Gasteiger partial charge < -0.3 is 10.1 Å². The van der Waals surface area contributed by atoms with Gasteiger partial charge in [-0.25, -0.2) is 15.0 Å². The maximum atomic E-state index is 12.5. The van der Waals surface area contributed by atoms with Gasteiger partial charge in [0.2, 0.25) is 5.91 Å². The molecule has 0 atom stereocenters. The Morgan fingerprint density at radius 2 is 2.00 bits per heavy atom. The zero-order chi connectivity index (χ0) is 22.8. The number of nitrogens with zero attached hydrogens (tertiary/aromatic N) is 3. The zero-order valence-corrected chi connectivity index (χ0v) is 20.4. The Balaban J connectivity index is 1.41. The SMILES string of the molecule is CCCCc1nc2sc3c(SCC(=O)Nc4ccc(OC)cc4)ncnc3c2c2c1CCC2. The van der Waals surface area contributed by atoms with Gasteiger partial charge in [0.05, 0.1) is 23.1 Å². The molecule has 1 aromatic carbocycles. The van der Waals surface area contributed by atoms with Crippen LogP contribution in [-0.2, 0) is 24.1 Å². The number of thiophene rings is 1. The number of unbranched alkanes of at least 4 members (excludes halogenated alkanes) is 1. The van der Waals surface area contributed by atoms with Crippen LogP contribution in [0.25, 0.3) is 20.4 Å². The molecule has 5 rings (SSSR count). The van der Waals surface area contributed by atoms with Crippen molar-refractivity contribution in [1.29, 1.82) is 0 Å². The van der Waals surface area contributed by atoms with E-state index < -0.39 is 0 Å². The van der Waals surface area contributed by atoms with E-state index in [0.29, 0.717) is 0 Å². The third-order valence-corrected chi connectivity index (χ3v) is 8.20. The highest BCUT2D eigenvalue weighted by atomic mass is 32.2. The summed E-state index contributed by atoms with van der Waals surface area (Å²) < 4.78 is 6.20. The monoisotopic (exact) mass is 478 g/mol. The van der Waals surface area contributed by atoms with Crippen LogP contribution in [0.1, 0.15) is 43.0 Å². The minimum Gasteiger partial charge on any atom is -0.497 e. The molecule has 0 bridgehead atoms. The van der Waals surface area contributed by atoms with Gasteiger partial charge >= 0.3 is 0 Å². The summed E-state index contributed by atoms with van der Waals surface area (Å²) in [6, 6.07) is 7.32. The predicted octanol–water partition coefficient (Wildman–Crippen LogP) is 5.81. The van der Waals surface area contributed by atoms with Crippen molar-refractivity contribution in [2.24, 2.45) is 0 Å². The van der Waals surface area contributed by atoms with Crippen molar-refractivity contribution in [3.63, 3.8) is 0 Å². The van der Waals surface area contributed by atoms with Crippen molar-refractivity contribution in [3.05, 3.63) is 47.4 Å². The quantitative estimate of drug-likeness (QED) is 0.254. The van der Waals surface area contributed by atoms with E-state index in [1.165, 1.54) is 53.2 Å². The van der Waals surface area contributed by atoms with Crippen molar-refractivity contribution >= 4 is 55.1 Å². The Morgan fingerprint density at radius 3 is 2.79 bits per heavy atom. The molecule has 8 heteroatoms. The van der Waals surface area contributed by atoms with Crippen molar-refractivity contribution in [1.82, 2.24) is 15.0 Å². The highest BCUT2D eigenvalue weighted by Crippen LogP contribution is 2.42. The van der Waals surface area contributed by atoms with E-state index in [-0.39, 0.29) is 11.7 Å². The molecule has 1 aliphatic rings. The first-order valence-corrected chi connectivity index (χ1v) is 13.1. The van der Waals surface area contributed by atoms with Gasteiger partial charge in [-0.1, -0.05) is 25.1 Å². The normalized spacial score (nSPS) is 12.9. The van der Waals surface area contributed by atoms with E-state index in [1.807, 2.05) is 24.3 Å². The number of thioether (sulfide) groups is 1. The number of nitrogens with one attached hydrogen (secondary N) is 1. The van der Waals surface area contributed by atoms with Gasteiger partial charge in [-0.2, -0.15) is 0 Å². The molecule has 0 saturated carbocycles. The Labute approximate surface area is 201 Å². The number of fused-ring (bicyclic) bond motifs is 5. The van der Waals surface area contributed by atoms with Gasteiger partial charge in [0.25, 0.3) is 0 Å². The number of carbonyl (C=O) groups excluding carboxylic acids is 1. The van der Waals surface area contributed by atoms with E-state index in [4.69, 9.17) is 9.72 Å². The molecular weight excluding hydrogens is 452 g/mol. The van der Waals surface area contributed by atoms with Crippen LogP contribution in [0.3, 0.4) is 0 Å². The molecule has 4 aromatic rings. The lowest BCUT2D eigenvalue weighted by Crippen LogP contribution is -2.14. The third kappa shape index (κ3) is 4.42. The molecule has 33 heavy (non-hydrogen) atoms. The average Bonchev–Trinajstić information content (AvgIpc) is 3.46. The van der Waals surface area contributed by atoms with Crippen molar-refractivity contribution < 1.29 is 9.53 Å². The molecule has 0 fully saturated rings. The molecule has 0 saturated heterocycles. The van der Waals surface area contributed by atoms with Crippen LogP contribution in [-0.4, -0.2) is 33.7 Å². The molecule has 170 valence electrons. The summed E-state index contributed by atoms with van der Waals surface area (Å²) in [6.07, 6.45) is 8.39. The number of aromatic nitrogens is 3. The van der Waals surface area contributed by atoms with Crippen molar-refractivity contribution in [2.45, 2.75) is 50.5 Å². The Kier molecular flexibility index (Phi) is 6.46. The van der Waals surface area contributed by atoms with Gasteiger partial charge in [-0.3, -0.25) is 4.79 Å². The van der Waals surface area contributed by atoms with E-state index >= 15 is 0 Å². The number of anilines is 1. The lowest BCUT2D eigenvalue weighted by molar-refractivity contribution is -0.113. The summed E-state index contributed by atoms with van der Waals surface area (Å²) in [5, 5.41) is 4.98. The van der Waals surface area contributed by atoms with E-state index in [1.54, 1.807) is 24.8 Å². The molecule has 1 aliphatic carbocycles. The first-order chi connectivity index (χ1) is 16.2. The summed E-state index contributed by atoms with van der Waals surface area (Å²) >= 11 is 3.11. The van der Waals surface area contributed by atoms with Crippen molar-refractivity contribution in [2.75, 3.05) is 18.2 Å². The number of carbonyl (C=O) groups is 1. The third-order valence-electron chi connectivity index (χ3n) is 6.01. The van der Waals surface area contributed by atoms with Crippen LogP contribution in [0.2, 0.25) is 0 Å². The number of pyridine rings is 1. The second-order valence-corrected chi connectivity index (χ2v) is 10.1. The number of hydrogen-bond acceptors (Lipinski definition) is 7. The van der Waals surface area contributed by atoms with Gasteiger partial charge in [-0.15, -0.1) is 11.3 Å². The summed E-state index contributed by atoms with van der Waals surface area (Å²) in [7, 11) is 1.62. The van der Waals surface area contributed by atoms with E-state index in [2.05, 4.69) is 22.2 Å². The van der Waals surface area contributed by atoms with Crippen LogP contribution in [0.4, 0.5) is 5.69 Å². The molecule has 0 spiro atoms. The number of aryl methyl sites for hydroxylation is 2. The zero-order valence-electron chi connectivity index (χ0n) is 18.8. The second-order valence-electron chi connectivity index (χ2n) is 8.18. The Hall–Kier alpha value is -2.71. The first-order valence-electron chi connectivity index (χ1n) is 11.3. The molecular formula is C25H26N4O2S2. The maximum Gasteiger partial charge on any atom is 0.234 e. The highest BCUT2D eigenvalue weighted by Gasteiger charge is 2.24. The lowest BCUT2D eigenvalue weighted by Gasteiger charge is -2.08. The standard InChI is InChI=1S/C25H26N4O2S2/c1-3-4-8-19-17-6-5-7-18(17)21-22-23(33-24(21)29-19)25(27-14-26-22)32-13-20(30)28-15-9-11-16(31-2)12-10-15/h9-12,14H,3-8,13H2,1-2H3,(H,28,30). The number of methoxy groups -OCH3 is 1. The predicted molar refractivity (Wildman–Crippen MR) is 136 cm³/mol. The second kappa shape index (κ2) is 9.65. The van der Waals surface area contributed by atoms with Gasteiger partial charge in [0.1, 0.15) is 21.9 Å². The number of hydrogen-bond donors (Lipinski definition) is 1. The highest BCUT2D eigenvalue weighted by molar-refractivity contribution is 8.00. The molecule has 3 heterocycles. The fourth-order valence-corrected chi connectivity index (χ4v) is 6.47. The molecule has 3 aromatic heterocycles. The summed E-state index contributed by atoms with van der Waals surface area (Å²) in [5.74, 6) is 0.965. The number of ether oxygens (including phenoxy) is 1. The van der Waals surface area contributed by atoms with Gasteiger partial charge in [-0.05, 0) is 67.5 Å². The molecule has 0 unspecified atom stereocenters. The smallest absolute Gasteiger partial charge is 0.234 e. The molecule has 6 nitrogen and oxygen atoms in total. The molecule has 0 radical (unpaired) electrons. The molecule has 0 aliphatic heterocycles. The Morgan fingerprint density at radius 1 is 1.18 bits per heavy atom. The Bertz CT molecular complexity index is 1320. The van der Waals surface area contributed by atoms with Gasteiger partial charge in [0.15, 0.2) is 0 Å². The topological polar surface area (TPSA) is 77.0 Å². The van der Waals surface area contributed by atoms with Crippen molar-refractivity contribution in [3.8, 4) is 5.75 Å². The first kappa shape index (κ1) is 22.1. The average molecular weight is 479 g/mol. The molecule has 1 amide bonds. The minimum absolute atomic E-state index is 0.0705. The van der Waals surface area contributed by atoms with E-state index in [9.17, 15) is 4.79 Å². The summed E-state index contributed by atoms with van der Waals surface area (Å²) in [4.78, 5) is 27.8. The fourth-order valence-electron chi connectivity index (χ4n) is 4.41. The van der Waals surface area contributed by atoms with Gasteiger partial charge in [0, 0.05) is 16.8 Å². The summed E-state index contributed by atoms with van der Waals surface area (Å²) in [6.45, 7) is 2.22. The number of benzene rings is 1. The minimum atomic E-state index is -0.0705. The fraction of sp³-hybridized carbons (Fsp3) is 0.360. The lowest BCUT2D eigenvalue weighted by atomic mass is 10.0. The number of amides is 1. The largest absolute Gasteiger partial charge is 0.497 e. The van der Waals surface area contributed by atoms with Crippen LogP contribution >= 0.6 is 23.1 Å². The van der Waals surface area contributed by atoms with Crippen LogP contribution in [0.15, 0.2) is 35.6 Å². The van der Waals surface area contributed by atoms with Crippen LogP contribution in [0.5, 0.6) is 5.75 Å². The van der Waals surface area contributed by atoms with Crippen LogP contribution < -0.4 is 10.1 Å². The summed E-state index contributed by atoms with van der Waals surface area (Å²) in [5.41, 5.74) is 5.88. The van der Waals surface area contributed by atoms with Crippen LogP contribution in [0, 0.1) is 0 Å². The molecule has 1 N–H and O–H groups in total. The van der Waals surface area contributed by atoms with E-state index in [0.717, 1.165) is 50.8 Å². The maximum absolute atomic E-state index is 12.5.